The van der Waals surface area contributed by atoms with E-state index in [1.165, 1.54) is 31.9 Å². The lowest BCUT2D eigenvalue weighted by molar-refractivity contribution is -0.192. The van der Waals surface area contributed by atoms with Crippen LogP contribution in [0, 0.1) is 0 Å². The first-order valence-electron chi connectivity index (χ1n) is 12.8. The zero-order valence-electron chi connectivity index (χ0n) is 22.9. The van der Waals surface area contributed by atoms with Gasteiger partial charge in [0.25, 0.3) is 10.0 Å². The highest BCUT2D eigenvalue weighted by Gasteiger charge is 2.51. The van der Waals surface area contributed by atoms with E-state index in [2.05, 4.69) is 22.2 Å². The van der Waals surface area contributed by atoms with Gasteiger partial charge in [0.2, 0.25) is 5.91 Å². The Morgan fingerprint density at radius 3 is 2.05 bits per heavy atom. The Balaban J connectivity index is 0.000000616. The number of hydrogen-bond donors (Lipinski definition) is 3. The smallest absolute Gasteiger partial charge is 0.490 e. The van der Waals surface area contributed by atoms with Crippen molar-refractivity contribution in [1.29, 1.82) is 0 Å². The van der Waals surface area contributed by atoms with Crippen molar-refractivity contribution >= 4 is 27.6 Å². The van der Waals surface area contributed by atoms with Gasteiger partial charge >= 0.3 is 12.1 Å². The highest BCUT2D eigenvalue weighted by atomic mass is 32.2. The van der Waals surface area contributed by atoms with E-state index < -0.39 is 27.6 Å². The number of rotatable bonds is 11. The number of amides is 1. The van der Waals surface area contributed by atoms with Gasteiger partial charge in [-0.25, -0.2) is 13.2 Å². The van der Waals surface area contributed by atoms with Crippen molar-refractivity contribution in [2.24, 2.45) is 0 Å². The second kappa shape index (κ2) is 13.6. The Morgan fingerprint density at radius 2 is 1.52 bits per heavy atom. The number of anilines is 1. The van der Waals surface area contributed by atoms with E-state index >= 15 is 0 Å². The van der Waals surface area contributed by atoms with E-state index in [9.17, 15) is 26.4 Å². The minimum Gasteiger partial charge on any atom is -0.493 e. The molecule has 0 aromatic heterocycles. The molecule has 0 saturated heterocycles. The first-order valence-corrected chi connectivity index (χ1v) is 14.3. The summed E-state index contributed by atoms with van der Waals surface area (Å²) in [5, 5.41) is 10.2. The van der Waals surface area contributed by atoms with Crippen LogP contribution >= 0.6 is 0 Å². The summed E-state index contributed by atoms with van der Waals surface area (Å²) in [5.41, 5.74) is 2.05. The SMILES string of the molecule is COc1ccc(S(=O)(=O)Nc2ccc(C3(C(=O)NCCCc4ccccc4)CC3)cc2)cc1OC.O=C(O)C(F)(F)F. The maximum atomic E-state index is 12.9. The molecule has 9 nitrogen and oxygen atoms in total. The van der Waals surface area contributed by atoms with Gasteiger partial charge in [-0.1, -0.05) is 42.5 Å². The van der Waals surface area contributed by atoms with Crippen LogP contribution < -0.4 is 19.5 Å². The van der Waals surface area contributed by atoms with Gasteiger partial charge in [0, 0.05) is 18.3 Å². The molecular weight excluding hydrogens is 577 g/mol. The van der Waals surface area contributed by atoms with Crippen molar-refractivity contribution in [1.82, 2.24) is 5.32 Å². The lowest BCUT2D eigenvalue weighted by atomic mass is 9.94. The molecule has 1 amide bonds. The van der Waals surface area contributed by atoms with Crippen LogP contribution in [0.25, 0.3) is 0 Å². The summed E-state index contributed by atoms with van der Waals surface area (Å²) in [6.07, 6.45) is -1.71. The minimum atomic E-state index is -5.08. The Bertz CT molecular complexity index is 1480. The largest absolute Gasteiger partial charge is 0.493 e. The molecule has 1 saturated carbocycles. The first-order chi connectivity index (χ1) is 19.8. The third-order valence-electron chi connectivity index (χ3n) is 6.55. The van der Waals surface area contributed by atoms with Crippen LogP contribution in [-0.2, 0) is 31.4 Å². The highest BCUT2D eigenvalue weighted by Crippen LogP contribution is 2.48. The van der Waals surface area contributed by atoms with Crippen molar-refractivity contribution in [3.8, 4) is 11.5 Å². The number of ether oxygens (including phenoxy) is 2. The molecule has 1 aliphatic rings. The van der Waals surface area contributed by atoms with Gasteiger partial charge in [-0.3, -0.25) is 9.52 Å². The van der Waals surface area contributed by atoms with Gasteiger partial charge in [0.15, 0.2) is 11.5 Å². The van der Waals surface area contributed by atoms with Crippen LogP contribution in [0.5, 0.6) is 11.5 Å². The molecule has 0 unspecified atom stereocenters. The van der Waals surface area contributed by atoms with Gasteiger partial charge in [0.1, 0.15) is 0 Å². The number of carboxylic acids is 1. The number of aryl methyl sites for hydroxylation is 1. The molecule has 3 N–H and O–H groups in total. The van der Waals surface area contributed by atoms with Crippen molar-refractivity contribution in [2.75, 3.05) is 25.5 Å². The number of alkyl halides is 3. The molecule has 3 aromatic rings. The van der Waals surface area contributed by atoms with Gasteiger partial charge < -0.3 is 19.9 Å². The average molecular weight is 609 g/mol. The van der Waals surface area contributed by atoms with Crippen molar-refractivity contribution in [2.45, 2.75) is 42.2 Å². The van der Waals surface area contributed by atoms with E-state index in [4.69, 9.17) is 19.4 Å². The molecule has 0 spiro atoms. The van der Waals surface area contributed by atoms with Gasteiger partial charge in [-0.15, -0.1) is 0 Å². The van der Waals surface area contributed by atoms with Crippen LogP contribution in [0.3, 0.4) is 0 Å². The number of carboxylic acid groups (broad SMARTS) is 1. The van der Waals surface area contributed by atoms with Crippen molar-refractivity contribution in [3.05, 3.63) is 83.9 Å². The number of methoxy groups -OCH3 is 2. The Hall–Kier alpha value is -4.26. The number of halogens is 3. The van der Waals surface area contributed by atoms with Gasteiger partial charge in [-0.05, 0) is 61.1 Å². The Morgan fingerprint density at radius 1 is 0.929 bits per heavy atom. The van der Waals surface area contributed by atoms with E-state index in [0.717, 1.165) is 31.2 Å². The van der Waals surface area contributed by atoms with Crippen LogP contribution in [0.4, 0.5) is 18.9 Å². The Kier molecular flexibility index (Phi) is 10.4. The normalized spacial score (nSPS) is 13.6. The monoisotopic (exact) mass is 608 g/mol. The standard InChI is InChI=1S/C27H30N2O5S.C2HF3O2/c1-33-24-15-14-23(19-25(24)34-2)35(31,32)29-22-12-10-21(11-13-22)27(16-17-27)26(30)28-18-6-9-20-7-4-3-5-8-20;3-2(4,5)1(6)7/h3-5,7-8,10-15,19,29H,6,9,16-18H2,1-2H3,(H,28,30);(H,6,7). The van der Waals surface area contributed by atoms with Crippen LogP contribution in [0.15, 0.2) is 77.7 Å². The van der Waals surface area contributed by atoms with E-state index in [1.54, 1.807) is 18.2 Å². The summed E-state index contributed by atoms with van der Waals surface area (Å²) < 4.78 is 70.4. The number of sulfonamides is 1. The molecular formula is C29H31F3N2O7S. The summed E-state index contributed by atoms with van der Waals surface area (Å²) in [4.78, 5) is 21.9. The van der Waals surface area contributed by atoms with E-state index in [1.807, 2.05) is 30.3 Å². The van der Waals surface area contributed by atoms with Gasteiger partial charge in [-0.2, -0.15) is 13.2 Å². The van der Waals surface area contributed by atoms with E-state index in [0.29, 0.717) is 23.7 Å². The predicted octanol–water partition coefficient (Wildman–Crippen LogP) is 4.92. The van der Waals surface area contributed by atoms with Crippen molar-refractivity contribution in [3.63, 3.8) is 0 Å². The number of benzene rings is 3. The first kappa shape index (κ1) is 32.3. The molecule has 1 fully saturated rings. The van der Waals surface area contributed by atoms with E-state index in [-0.39, 0.29) is 10.8 Å². The van der Waals surface area contributed by atoms with Crippen molar-refractivity contribution < 1.29 is 45.8 Å². The highest BCUT2D eigenvalue weighted by molar-refractivity contribution is 7.92. The number of carbonyl (C=O) groups is 2. The minimum absolute atomic E-state index is 0.0317. The van der Waals surface area contributed by atoms with Crippen LogP contribution in [0.1, 0.15) is 30.4 Å². The summed E-state index contributed by atoms with van der Waals surface area (Å²) in [6.45, 7) is 0.624. The Labute approximate surface area is 241 Å². The van der Waals surface area contributed by atoms with Crippen LogP contribution in [0.2, 0.25) is 0 Å². The number of carbonyl (C=O) groups excluding carboxylic acids is 1. The lowest BCUT2D eigenvalue weighted by Gasteiger charge is -2.17. The lowest BCUT2D eigenvalue weighted by Crippen LogP contribution is -2.35. The molecule has 226 valence electrons. The maximum Gasteiger partial charge on any atom is 0.490 e. The molecule has 0 atom stereocenters. The van der Waals surface area contributed by atoms with Crippen LogP contribution in [-0.4, -0.2) is 52.3 Å². The second-order valence-corrected chi connectivity index (χ2v) is 11.1. The maximum absolute atomic E-state index is 12.9. The zero-order valence-corrected chi connectivity index (χ0v) is 23.7. The molecule has 13 heteroatoms. The summed E-state index contributed by atoms with van der Waals surface area (Å²) in [7, 11) is -0.881. The summed E-state index contributed by atoms with van der Waals surface area (Å²) >= 11 is 0. The molecule has 0 radical (unpaired) electrons. The molecule has 0 heterocycles. The topological polar surface area (TPSA) is 131 Å². The fraction of sp³-hybridized carbons (Fsp3) is 0.310. The molecule has 0 aliphatic heterocycles. The predicted molar refractivity (Wildman–Crippen MR) is 149 cm³/mol. The third kappa shape index (κ3) is 8.38. The summed E-state index contributed by atoms with van der Waals surface area (Å²) in [6, 6.07) is 21.7. The molecule has 4 rings (SSSR count). The quantitative estimate of drug-likeness (QED) is 0.264. The number of aliphatic carboxylic acids is 1. The zero-order chi connectivity index (χ0) is 31.0. The molecule has 1 aliphatic carbocycles. The fourth-order valence-electron chi connectivity index (χ4n) is 4.14. The summed E-state index contributed by atoms with van der Waals surface area (Å²) in [5.74, 6) is -1.95. The fourth-order valence-corrected chi connectivity index (χ4v) is 5.21. The molecule has 0 bridgehead atoms. The third-order valence-corrected chi connectivity index (χ3v) is 7.93. The average Bonchev–Trinajstić information content (AvgIpc) is 3.77. The molecule has 3 aromatic carbocycles. The van der Waals surface area contributed by atoms with Gasteiger partial charge in [0.05, 0.1) is 24.5 Å². The second-order valence-electron chi connectivity index (χ2n) is 9.43. The molecule has 42 heavy (non-hydrogen) atoms. The number of nitrogens with one attached hydrogen (secondary N) is 2. The number of hydrogen-bond acceptors (Lipinski definition) is 6.